The summed E-state index contributed by atoms with van der Waals surface area (Å²) in [5.74, 6) is -0.253. The van der Waals surface area contributed by atoms with Gasteiger partial charge in [-0.05, 0) is 42.0 Å². The van der Waals surface area contributed by atoms with Crippen LogP contribution in [0.15, 0.2) is 53.0 Å². The van der Waals surface area contributed by atoms with Gasteiger partial charge in [0.1, 0.15) is 6.04 Å². The molecule has 23 heavy (non-hydrogen) atoms. The maximum Gasteiger partial charge on any atom is 0.416 e. The Hall–Kier alpha value is -1.86. The molecule has 0 radical (unpaired) electrons. The number of rotatable bonds is 2. The average molecular weight is 385 g/mol. The molecule has 2 aromatic rings. The lowest BCUT2D eigenvalue weighted by Gasteiger charge is -2.45. The summed E-state index contributed by atoms with van der Waals surface area (Å²) in [7, 11) is 0. The Morgan fingerprint density at radius 1 is 1.00 bits per heavy atom. The number of hydrogen-bond acceptors (Lipinski definition) is 2. The van der Waals surface area contributed by atoms with E-state index >= 15 is 0 Å². The van der Waals surface area contributed by atoms with Gasteiger partial charge in [0.15, 0.2) is 0 Å². The normalized spacial score (nSPS) is 21.3. The van der Waals surface area contributed by atoms with Crippen molar-refractivity contribution in [2.75, 3.05) is 4.90 Å². The molecule has 1 aliphatic heterocycles. The zero-order chi connectivity index (χ0) is 16.8. The fourth-order valence-electron chi connectivity index (χ4n) is 2.63. The summed E-state index contributed by atoms with van der Waals surface area (Å²) in [6.45, 7) is 0. The van der Waals surface area contributed by atoms with Crippen LogP contribution < -0.4 is 10.6 Å². The summed E-state index contributed by atoms with van der Waals surface area (Å²) in [5.41, 5.74) is 6.36. The van der Waals surface area contributed by atoms with Crippen molar-refractivity contribution in [2.24, 2.45) is 5.73 Å². The lowest BCUT2D eigenvalue weighted by molar-refractivity contribution is -0.137. The van der Waals surface area contributed by atoms with E-state index in [4.69, 9.17) is 5.73 Å². The molecule has 1 heterocycles. The van der Waals surface area contributed by atoms with E-state index in [9.17, 15) is 18.0 Å². The molecule has 1 saturated heterocycles. The molecule has 3 rings (SSSR count). The van der Waals surface area contributed by atoms with Crippen molar-refractivity contribution in [2.45, 2.75) is 18.3 Å². The number of nitrogens with zero attached hydrogens (tertiary/aromatic N) is 1. The molecular formula is C16H12BrF3N2O. The summed E-state index contributed by atoms with van der Waals surface area (Å²) in [5, 5.41) is 0. The van der Waals surface area contributed by atoms with Gasteiger partial charge in [0.05, 0.1) is 11.6 Å². The number of amides is 1. The third kappa shape index (κ3) is 2.86. The van der Waals surface area contributed by atoms with E-state index in [0.29, 0.717) is 11.3 Å². The monoisotopic (exact) mass is 384 g/mol. The van der Waals surface area contributed by atoms with E-state index < -0.39 is 23.8 Å². The third-order valence-corrected chi connectivity index (χ3v) is 4.35. The molecule has 120 valence electrons. The van der Waals surface area contributed by atoms with Crippen LogP contribution >= 0.6 is 15.9 Å². The molecular weight excluding hydrogens is 373 g/mol. The first-order chi connectivity index (χ1) is 10.8. The molecule has 0 aromatic heterocycles. The van der Waals surface area contributed by atoms with Crippen LogP contribution in [0.5, 0.6) is 0 Å². The molecule has 1 aliphatic rings. The molecule has 0 unspecified atom stereocenters. The Balaban J connectivity index is 1.91. The van der Waals surface area contributed by atoms with Gasteiger partial charge in [-0.1, -0.05) is 28.1 Å². The number of alkyl halides is 3. The highest BCUT2D eigenvalue weighted by Gasteiger charge is 2.46. The first-order valence-electron chi connectivity index (χ1n) is 6.80. The SMILES string of the molecule is N[C@H]1C(=O)N(c2ccc(Br)cc2)[C@@H]1c1ccc(C(F)(F)F)cc1. The lowest BCUT2D eigenvalue weighted by Crippen LogP contribution is -2.63. The third-order valence-electron chi connectivity index (χ3n) is 3.83. The molecule has 2 atom stereocenters. The second-order valence-corrected chi connectivity index (χ2v) is 6.19. The van der Waals surface area contributed by atoms with Crippen molar-refractivity contribution in [3.05, 3.63) is 64.1 Å². The van der Waals surface area contributed by atoms with Crippen LogP contribution in [0, 0.1) is 0 Å². The molecule has 2 aromatic carbocycles. The Labute approximate surface area is 139 Å². The minimum absolute atomic E-state index is 0.253. The van der Waals surface area contributed by atoms with Crippen LogP contribution in [0.3, 0.4) is 0 Å². The average Bonchev–Trinajstić information content (AvgIpc) is 2.52. The zero-order valence-corrected chi connectivity index (χ0v) is 13.3. The van der Waals surface area contributed by atoms with Crippen molar-refractivity contribution in [1.29, 1.82) is 0 Å². The summed E-state index contributed by atoms with van der Waals surface area (Å²) in [4.78, 5) is 13.6. The first kappa shape index (κ1) is 16.0. The number of carbonyl (C=O) groups excluding carboxylic acids is 1. The van der Waals surface area contributed by atoms with Gasteiger partial charge in [-0.3, -0.25) is 4.79 Å². The highest BCUT2D eigenvalue weighted by atomic mass is 79.9. The van der Waals surface area contributed by atoms with Crippen LogP contribution in [-0.4, -0.2) is 11.9 Å². The second-order valence-electron chi connectivity index (χ2n) is 5.28. The van der Waals surface area contributed by atoms with Gasteiger partial charge in [-0.15, -0.1) is 0 Å². The Morgan fingerprint density at radius 3 is 2.09 bits per heavy atom. The molecule has 2 N–H and O–H groups in total. The van der Waals surface area contributed by atoms with E-state index in [2.05, 4.69) is 15.9 Å². The molecule has 1 amide bonds. The molecule has 1 fully saturated rings. The van der Waals surface area contributed by atoms with Gasteiger partial charge < -0.3 is 10.6 Å². The number of halogens is 4. The Morgan fingerprint density at radius 2 is 1.57 bits per heavy atom. The zero-order valence-electron chi connectivity index (χ0n) is 11.7. The first-order valence-corrected chi connectivity index (χ1v) is 7.60. The summed E-state index contributed by atoms with van der Waals surface area (Å²) >= 11 is 3.31. The second kappa shape index (κ2) is 5.65. The molecule has 7 heteroatoms. The number of hydrogen-bond donors (Lipinski definition) is 1. The van der Waals surface area contributed by atoms with Gasteiger partial charge in [-0.2, -0.15) is 13.2 Å². The van der Waals surface area contributed by atoms with Crippen molar-refractivity contribution >= 4 is 27.5 Å². The number of benzene rings is 2. The van der Waals surface area contributed by atoms with Gasteiger partial charge in [0.25, 0.3) is 0 Å². The van der Waals surface area contributed by atoms with E-state index in [1.807, 2.05) is 0 Å². The maximum atomic E-state index is 12.6. The summed E-state index contributed by atoms with van der Waals surface area (Å²) in [6, 6.07) is 10.6. The standard InChI is InChI=1S/C16H12BrF3N2O/c17-11-5-7-12(8-6-11)22-14(13(21)15(22)23)9-1-3-10(4-2-9)16(18,19)20/h1-8,13-14H,21H2/t13-,14-/m1/s1. The number of nitrogens with two attached hydrogens (primary N) is 1. The smallest absolute Gasteiger partial charge is 0.318 e. The highest BCUT2D eigenvalue weighted by molar-refractivity contribution is 9.10. The fraction of sp³-hybridized carbons (Fsp3) is 0.188. The van der Waals surface area contributed by atoms with Crippen molar-refractivity contribution < 1.29 is 18.0 Å². The number of carbonyl (C=O) groups is 1. The summed E-state index contributed by atoms with van der Waals surface area (Å²) < 4.78 is 38.8. The van der Waals surface area contributed by atoms with Crippen molar-refractivity contribution in [1.82, 2.24) is 0 Å². The van der Waals surface area contributed by atoms with E-state index in [1.165, 1.54) is 17.0 Å². The van der Waals surface area contributed by atoms with Gasteiger partial charge in [-0.25, -0.2) is 0 Å². The predicted molar refractivity (Wildman–Crippen MR) is 83.8 cm³/mol. The van der Waals surface area contributed by atoms with Crippen LogP contribution in [0.25, 0.3) is 0 Å². The predicted octanol–water partition coefficient (Wildman–Crippen LogP) is 3.88. The van der Waals surface area contributed by atoms with Crippen LogP contribution in [0.4, 0.5) is 18.9 Å². The number of anilines is 1. The maximum absolute atomic E-state index is 12.6. The molecule has 0 bridgehead atoms. The lowest BCUT2D eigenvalue weighted by atomic mass is 9.88. The minimum atomic E-state index is -4.39. The van der Waals surface area contributed by atoms with Gasteiger partial charge >= 0.3 is 6.18 Å². The topological polar surface area (TPSA) is 46.3 Å². The van der Waals surface area contributed by atoms with Crippen LogP contribution in [0.2, 0.25) is 0 Å². The van der Waals surface area contributed by atoms with Crippen LogP contribution in [-0.2, 0) is 11.0 Å². The van der Waals surface area contributed by atoms with E-state index in [1.54, 1.807) is 24.3 Å². The highest BCUT2D eigenvalue weighted by Crippen LogP contribution is 2.39. The van der Waals surface area contributed by atoms with E-state index in [-0.39, 0.29) is 5.91 Å². The van der Waals surface area contributed by atoms with Crippen molar-refractivity contribution in [3.63, 3.8) is 0 Å². The minimum Gasteiger partial charge on any atom is -0.318 e. The fourth-order valence-corrected chi connectivity index (χ4v) is 2.89. The molecule has 0 spiro atoms. The van der Waals surface area contributed by atoms with Crippen molar-refractivity contribution in [3.8, 4) is 0 Å². The van der Waals surface area contributed by atoms with Crippen LogP contribution in [0.1, 0.15) is 17.2 Å². The molecule has 0 saturated carbocycles. The largest absolute Gasteiger partial charge is 0.416 e. The Bertz CT molecular complexity index is 728. The molecule has 3 nitrogen and oxygen atoms in total. The number of β-lactam (4-membered cyclic amide) rings is 1. The summed E-state index contributed by atoms with van der Waals surface area (Å²) in [6.07, 6.45) is -4.39. The quantitative estimate of drug-likeness (QED) is 0.798. The van der Waals surface area contributed by atoms with Gasteiger partial charge in [0.2, 0.25) is 5.91 Å². The Kier molecular flexibility index (Phi) is 3.93. The molecule has 0 aliphatic carbocycles. The van der Waals surface area contributed by atoms with E-state index in [0.717, 1.165) is 16.6 Å². The van der Waals surface area contributed by atoms with Gasteiger partial charge in [0, 0.05) is 10.2 Å².